The van der Waals surface area contributed by atoms with Crippen molar-refractivity contribution < 1.29 is 15.0 Å². The van der Waals surface area contributed by atoms with E-state index in [0.29, 0.717) is 5.69 Å². The quantitative estimate of drug-likeness (QED) is 0.400. The Morgan fingerprint density at radius 3 is 2.42 bits per heavy atom. The maximum absolute atomic E-state index is 10.3. The number of hydrogen-bond donors (Lipinski definition) is 3. The standard InChI is InChI=1S/C7H7NO3.Li.H/c8-4-1-2-5(7(10)11)6(9)3-4;;/h1-3,9H,8H2,(H,10,11);;. The van der Waals surface area contributed by atoms with Gasteiger partial charge >= 0.3 is 24.8 Å². The molecule has 0 aromatic heterocycles. The molecule has 0 fully saturated rings. The molecule has 60 valence electrons. The van der Waals surface area contributed by atoms with Gasteiger partial charge in [-0.3, -0.25) is 0 Å². The first kappa shape index (κ1) is 10.9. The monoisotopic (exact) mass is 161 g/mol. The number of carbonyl (C=O) groups is 1. The van der Waals surface area contributed by atoms with Crippen LogP contribution in [0.2, 0.25) is 0 Å². The second-order valence-corrected chi connectivity index (χ2v) is 2.08. The molecule has 0 aliphatic carbocycles. The Kier molecular flexibility index (Phi) is 3.67. The Morgan fingerprint density at radius 1 is 1.42 bits per heavy atom. The van der Waals surface area contributed by atoms with E-state index < -0.39 is 5.97 Å². The van der Waals surface area contributed by atoms with Gasteiger partial charge in [-0.1, -0.05) is 0 Å². The van der Waals surface area contributed by atoms with Crippen LogP contribution in [0, 0.1) is 0 Å². The molecule has 0 spiro atoms. The number of phenols is 1. The van der Waals surface area contributed by atoms with E-state index in [0.717, 1.165) is 0 Å². The summed E-state index contributed by atoms with van der Waals surface area (Å²) in [5.41, 5.74) is 5.48. The molecule has 1 aromatic rings. The van der Waals surface area contributed by atoms with Gasteiger partial charge in [0.15, 0.2) is 0 Å². The molecule has 0 heterocycles. The number of carboxylic acids is 1. The van der Waals surface area contributed by atoms with E-state index >= 15 is 0 Å². The summed E-state index contributed by atoms with van der Waals surface area (Å²) in [5.74, 6) is -1.47. The second-order valence-electron chi connectivity index (χ2n) is 2.08. The molecule has 4 N–H and O–H groups in total. The van der Waals surface area contributed by atoms with Crippen molar-refractivity contribution in [3.8, 4) is 5.75 Å². The van der Waals surface area contributed by atoms with Crippen LogP contribution < -0.4 is 5.73 Å². The Labute approximate surface area is 81.2 Å². The summed E-state index contributed by atoms with van der Waals surface area (Å²) in [6.07, 6.45) is 0. The number of aromatic carboxylic acids is 1. The third kappa shape index (κ3) is 2.19. The minimum atomic E-state index is -1.16. The van der Waals surface area contributed by atoms with Gasteiger partial charge in [0.25, 0.3) is 0 Å². The van der Waals surface area contributed by atoms with Crippen molar-refractivity contribution in [2.75, 3.05) is 5.73 Å². The van der Waals surface area contributed by atoms with E-state index in [1.54, 1.807) is 0 Å². The number of aromatic hydroxyl groups is 1. The number of anilines is 1. The average molecular weight is 161 g/mol. The van der Waals surface area contributed by atoms with Crippen LogP contribution >= 0.6 is 0 Å². The third-order valence-electron chi connectivity index (χ3n) is 1.25. The fourth-order valence-corrected chi connectivity index (χ4v) is 0.730. The van der Waals surface area contributed by atoms with Crippen molar-refractivity contribution >= 4 is 30.5 Å². The normalized spacial score (nSPS) is 8.67. The van der Waals surface area contributed by atoms with E-state index in [-0.39, 0.29) is 30.2 Å². The molecule has 5 heteroatoms. The van der Waals surface area contributed by atoms with Crippen LogP contribution in [0.25, 0.3) is 0 Å². The van der Waals surface area contributed by atoms with Gasteiger partial charge in [-0.2, -0.15) is 0 Å². The molecule has 0 saturated heterocycles. The summed E-state index contributed by atoms with van der Waals surface area (Å²) in [6.45, 7) is 0. The molecular weight excluding hydrogens is 153 g/mol. The number of nitrogens with two attached hydrogens (primary N) is 1. The predicted molar refractivity (Wildman–Crippen MR) is 46.6 cm³/mol. The summed E-state index contributed by atoms with van der Waals surface area (Å²) in [6, 6.07) is 3.87. The predicted octanol–water partition coefficient (Wildman–Crippen LogP) is 0.0241. The molecule has 0 bridgehead atoms. The first-order valence-corrected chi connectivity index (χ1v) is 2.93. The van der Waals surface area contributed by atoms with E-state index in [9.17, 15) is 4.79 Å². The van der Waals surface area contributed by atoms with Gasteiger partial charge in [0.05, 0.1) is 0 Å². The van der Waals surface area contributed by atoms with E-state index in [4.69, 9.17) is 15.9 Å². The molecule has 0 saturated carbocycles. The van der Waals surface area contributed by atoms with Crippen molar-refractivity contribution in [1.29, 1.82) is 0 Å². The Hall–Kier alpha value is -1.11. The van der Waals surface area contributed by atoms with Crippen molar-refractivity contribution in [1.82, 2.24) is 0 Å². The van der Waals surface area contributed by atoms with E-state index in [2.05, 4.69) is 0 Å². The van der Waals surface area contributed by atoms with Crippen LogP contribution in [0.15, 0.2) is 18.2 Å². The number of hydrogen-bond acceptors (Lipinski definition) is 3. The second kappa shape index (κ2) is 4.05. The van der Waals surface area contributed by atoms with Crippen LogP contribution in [-0.2, 0) is 0 Å². The van der Waals surface area contributed by atoms with Gasteiger partial charge < -0.3 is 15.9 Å². The molecule has 0 unspecified atom stereocenters. The molecule has 12 heavy (non-hydrogen) atoms. The van der Waals surface area contributed by atoms with Crippen molar-refractivity contribution in [2.24, 2.45) is 0 Å². The Balaban J connectivity index is 0.00000121. The van der Waals surface area contributed by atoms with Gasteiger partial charge in [0.2, 0.25) is 0 Å². The van der Waals surface area contributed by atoms with Crippen molar-refractivity contribution in [3.05, 3.63) is 23.8 Å². The fourth-order valence-electron chi connectivity index (χ4n) is 0.730. The van der Waals surface area contributed by atoms with Crippen LogP contribution in [0.5, 0.6) is 5.75 Å². The van der Waals surface area contributed by atoms with E-state index in [1.807, 2.05) is 0 Å². The Bertz CT molecular complexity index is 301. The summed E-state index contributed by atoms with van der Waals surface area (Å²) in [5, 5.41) is 17.5. The number of rotatable bonds is 1. The van der Waals surface area contributed by atoms with Gasteiger partial charge in [0, 0.05) is 11.8 Å². The topological polar surface area (TPSA) is 83.6 Å². The molecule has 0 aliphatic heterocycles. The van der Waals surface area contributed by atoms with Crippen LogP contribution in [0.3, 0.4) is 0 Å². The zero-order chi connectivity index (χ0) is 8.43. The zero-order valence-corrected chi connectivity index (χ0v) is 5.61. The number of benzene rings is 1. The third-order valence-corrected chi connectivity index (χ3v) is 1.25. The number of nitrogen functional groups attached to an aromatic ring is 1. The van der Waals surface area contributed by atoms with Gasteiger partial charge in [-0.05, 0) is 12.1 Å². The minimum absolute atomic E-state index is 0. The summed E-state index contributed by atoms with van der Waals surface area (Å²) >= 11 is 0. The first-order valence-electron chi connectivity index (χ1n) is 2.93. The summed E-state index contributed by atoms with van der Waals surface area (Å²) in [4.78, 5) is 10.3. The Morgan fingerprint density at radius 2 is 2.00 bits per heavy atom. The molecular formula is C7H8LiNO3. The maximum atomic E-state index is 10.3. The number of carboxylic acid groups (broad SMARTS) is 1. The van der Waals surface area contributed by atoms with Crippen LogP contribution in [0.4, 0.5) is 5.69 Å². The zero-order valence-electron chi connectivity index (χ0n) is 5.61. The summed E-state index contributed by atoms with van der Waals surface area (Å²) in [7, 11) is 0. The van der Waals surface area contributed by atoms with Crippen molar-refractivity contribution in [2.45, 2.75) is 0 Å². The van der Waals surface area contributed by atoms with Crippen LogP contribution in [-0.4, -0.2) is 35.0 Å². The van der Waals surface area contributed by atoms with Crippen LogP contribution in [0.1, 0.15) is 10.4 Å². The molecule has 4 nitrogen and oxygen atoms in total. The SMILES string of the molecule is Nc1ccc(C(=O)O)c(O)c1.[LiH]. The molecule has 0 amide bonds. The van der Waals surface area contributed by atoms with Gasteiger partial charge in [-0.15, -0.1) is 0 Å². The molecule has 0 radical (unpaired) electrons. The average Bonchev–Trinajstić information content (AvgIpc) is 1.85. The molecule has 0 atom stereocenters. The molecule has 1 aromatic carbocycles. The first-order chi connectivity index (χ1) is 5.11. The van der Waals surface area contributed by atoms with Crippen molar-refractivity contribution in [3.63, 3.8) is 0 Å². The van der Waals surface area contributed by atoms with E-state index in [1.165, 1.54) is 18.2 Å². The van der Waals surface area contributed by atoms with Gasteiger partial charge in [0.1, 0.15) is 11.3 Å². The molecule has 0 aliphatic rings. The summed E-state index contributed by atoms with van der Waals surface area (Å²) < 4.78 is 0. The van der Waals surface area contributed by atoms with Gasteiger partial charge in [-0.25, -0.2) is 4.79 Å². The fraction of sp³-hybridized carbons (Fsp3) is 0. The molecule has 1 rings (SSSR count).